The Labute approximate surface area is 114 Å². The molecule has 0 amide bonds. The third kappa shape index (κ3) is 2.20. The molecule has 0 N–H and O–H groups in total. The van der Waals surface area contributed by atoms with E-state index in [9.17, 15) is 4.79 Å². The second-order valence-corrected chi connectivity index (χ2v) is 4.43. The van der Waals surface area contributed by atoms with Gasteiger partial charge >= 0.3 is 0 Å². The van der Waals surface area contributed by atoms with Gasteiger partial charge in [-0.25, -0.2) is 4.98 Å². The molecule has 0 saturated heterocycles. The van der Waals surface area contributed by atoms with E-state index in [1.54, 1.807) is 18.5 Å². The van der Waals surface area contributed by atoms with Crippen LogP contribution in [0.1, 0.15) is 10.4 Å². The number of hydrogen-bond donors (Lipinski definition) is 0. The van der Waals surface area contributed by atoms with E-state index in [1.807, 2.05) is 36.4 Å². The molecule has 92 valence electrons. The van der Waals surface area contributed by atoms with Crippen LogP contribution in [-0.4, -0.2) is 15.2 Å². The molecule has 3 aromatic rings. The predicted molar refractivity (Wildman–Crippen MR) is 75.2 cm³/mol. The molecule has 1 aromatic carbocycles. The number of fused-ring (bicyclic) bond motifs is 1. The Balaban J connectivity index is 2.31. The zero-order chi connectivity index (χ0) is 13.2. The van der Waals surface area contributed by atoms with Crippen LogP contribution in [0.3, 0.4) is 0 Å². The van der Waals surface area contributed by atoms with Crippen molar-refractivity contribution in [1.29, 1.82) is 0 Å². The average Bonchev–Trinajstić information content (AvgIpc) is 2.47. The quantitative estimate of drug-likeness (QED) is 0.666. The van der Waals surface area contributed by atoms with Gasteiger partial charge in [-0.3, -0.25) is 9.78 Å². The minimum Gasteiger partial charge on any atom is -0.276 e. The molecule has 3 rings (SSSR count). The molecule has 0 fully saturated rings. The number of hydrogen-bond acceptors (Lipinski definition) is 3. The van der Waals surface area contributed by atoms with Gasteiger partial charge in [-0.05, 0) is 35.9 Å². The molecule has 0 atom stereocenters. The molecule has 0 bridgehead atoms. The van der Waals surface area contributed by atoms with Crippen molar-refractivity contribution in [3.05, 3.63) is 60.4 Å². The first-order valence-corrected chi connectivity index (χ1v) is 6.13. The van der Waals surface area contributed by atoms with Crippen LogP contribution in [0.25, 0.3) is 22.2 Å². The van der Waals surface area contributed by atoms with Gasteiger partial charge in [0.2, 0.25) is 0 Å². The van der Waals surface area contributed by atoms with Crippen molar-refractivity contribution in [2.75, 3.05) is 0 Å². The Morgan fingerprint density at radius 2 is 1.95 bits per heavy atom. The van der Waals surface area contributed by atoms with Crippen molar-refractivity contribution in [2.45, 2.75) is 0 Å². The van der Waals surface area contributed by atoms with Crippen LogP contribution in [0.2, 0.25) is 0 Å². The average molecular weight is 269 g/mol. The number of benzene rings is 1. The molecular formula is C15H9ClN2O. The van der Waals surface area contributed by atoms with Crippen LogP contribution in [0, 0.1) is 0 Å². The van der Waals surface area contributed by atoms with Gasteiger partial charge in [-0.2, -0.15) is 0 Å². The number of aromatic nitrogens is 2. The summed E-state index contributed by atoms with van der Waals surface area (Å²) in [4.78, 5) is 20.2. The molecule has 4 heteroatoms. The zero-order valence-corrected chi connectivity index (χ0v) is 10.6. The van der Waals surface area contributed by atoms with Gasteiger partial charge in [-0.1, -0.05) is 18.2 Å². The SMILES string of the molecule is O=C(Cl)c1cc(-c2cccnc2)nc2ccccc12. The molecule has 0 aliphatic rings. The van der Waals surface area contributed by atoms with E-state index >= 15 is 0 Å². The Bertz CT molecular complexity index is 756. The van der Waals surface area contributed by atoms with Crippen LogP contribution < -0.4 is 0 Å². The maximum atomic E-state index is 11.6. The molecule has 0 aliphatic heterocycles. The topological polar surface area (TPSA) is 42.9 Å². The lowest BCUT2D eigenvalue weighted by molar-refractivity contribution is 0.108. The summed E-state index contributed by atoms with van der Waals surface area (Å²) in [5, 5.41) is 0.277. The molecular weight excluding hydrogens is 260 g/mol. The predicted octanol–water partition coefficient (Wildman–Crippen LogP) is 3.68. The fourth-order valence-electron chi connectivity index (χ4n) is 2.00. The molecule has 0 aliphatic carbocycles. The molecule has 0 spiro atoms. The van der Waals surface area contributed by atoms with Gasteiger partial charge in [0, 0.05) is 28.9 Å². The highest BCUT2D eigenvalue weighted by Gasteiger charge is 2.11. The maximum Gasteiger partial charge on any atom is 0.253 e. The summed E-state index contributed by atoms with van der Waals surface area (Å²) >= 11 is 5.66. The molecule has 0 saturated carbocycles. The van der Waals surface area contributed by atoms with Gasteiger partial charge < -0.3 is 0 Å². The van der Waals surface area contributed by atoms with Crippen LogP contribution >= 0.6 is 11.6 Å². The van der Waals surface area contributed by atoms with Gasteiger partial charge in [0.25, 0.3) is 5.24 Å². The monoisotopic (exact) mass is 268 g/mol. The summed E-state index contributed by atoms with van der Waals surface area (Å²) in [5.41, 5.74) is 2.75. The number of carbonyl (C=O) groups excluding carboxylic acids is 1. The van der Waals surface area contributed by atoms with E-state index in [0.717, 1.165) is 16.5 Å². The molecule has 0 unspecified atom stereocenters. The van der Waals surface area contributed by atoms with Crippen molar-refractivity contribution in [1.82, 2.24) is 9.97 Å². The number of rotatable bonds is 2. The van der Waals surface area contributed by atoms with E-state index in [1.165, 1.54) is 0 Å². The summed E-state index contributed by atoms with van der Waals surface area (Å²) in [6.45, 7) is 0. The first kappa shape index (κ1) is 11.8. The van der Waals surface area contributed by atoms with E-state index in [2.05, 4.69) is 9.97 Å². The lowest BCUT2D eigenvalue weighted by Crippen LogP contribution is -1.95. The summed E-state index contributed by atoms with van der Waals surface area (Å²) in [6, 6.07) is 12.9. The van der Waals surface area contributed by atoms with Crippen LogP contribution in [0.5, 0.6) is 0 Å². The highest BCUT2D eigenvalue weighted by atomic mass is 35.5. The first-order chi connectivity index (χ1) is 9.25. The smallest absolute Gasteiger partial charge is 0.253 e. The lowest BCUT2D eigenvalue weighted by Gasteiger charge is -2.06. The van der Waals surface area contributed by atoms with Crippen LogP contribution in [0.4, 0.5) is 0 Å². The number of carbonyl (C=O) groups is 1. The van der Waals surface area contributed by atoms with Crippen molar-refractivity contribution >= 4 is 27.7 Å². The molecule has 2 heterocycles. The number of pyridine rings is 2. The Kier molecular flexibility index (Phi) is 2.97. The summed E-state index contributed by atoms with van der Waals surface area (Å²) in [7, 11) is 0. The van der Waals surface area contributed by atoms with Gasteiger partial charge in [-0.15, -0.1) is 0 Å². The normalized spacial score (nSPS) is 10.6. The van der Waals surface area contributed by atoms with Crippen molar-refractivity contribution in [3.63, 3.8) is 0 Å². The zero-order valence-electron chi connectivity index (χ0n) is 9.88. The van der Waals surface area contributed by atoms with Crippen molar-refractivity contribution in [2.24, 2.45) is 0 Å². The second-order valence-electron chi connectivity index (χ2n) is 4.09. The maximum absolute atomic E-state index is 11.6. The molecule has 3 nitrogen and oxygen atoms in total. The van der Waals surface area contributed by atoms with Gasteiger partial charge in [0.15, 0.2) is 0 Å². The Morgan fingerprint density at radius 3 is 2.68 bits per heavy atom. The minimum absolute atomic E-state index is 0.464. The van der Waals surface area contributed by atoms with Crippen LogP contribution in [-0.2, 0) is 0 Å². The summed E-state index contributed by atoms with van der Waals surface area (Å²) in [6.07, 6.45) is 3.40. The first-order valence-electron chi connectivity index (χ1n) is 5.76. The fourth-order valence-corrected chi connectivity index (χ4v) is 2.16. The minimum atomic E-state index is -0.483. The largest absolute Gasteiger partial charge is 0.276 e. The second kappa shape index (κ2) is 4.78. The molecule has 19 heavy (non-hydrogen) atoms. The van der Waals surface area contributed by atoms with Crippen molar-refractivity contribution < 1.29 is 4.79 Å². The number of halogens is 1. The van der Waals surface area contributed by atoms with Crippen molar-refractivity contribution in [3.8, 4) is 11.3 Å². The van der Waals surface area contributed by atoms with E-state index in [0.29, 0.717) is 11.3 Å². The summed E-state index contributed by atoms with van der Waals surface area (Å²) < 4.78 is 0. The molecule has 0 radical (unpaired) electrons. The van der Waals surface area contributed by atoms with E-state index < -0.39 is 5.24 Å². The van der Waals surface area contributed by atoms with Crippen LogP contribution in [0.15, 0.2) is 54.9 Å². The fraction of sp³-hybridized carbons (Fsp3) is 0. The highest BCUT2D eigenvalue weighted by molar-refractivity contribution is 6.68. The van der Waals surface area contributed by atoms with E-state index in [-0.39, 0.29) is 0 Å². The van der Waals surface area contributed by atoms with Gasteiger partial charge in [0.05, 0.1) is 11.2 Å². The highest BCUT2D eigenvalue weighted by Crippen LogP contribution is 2.25. The Hall–Kier alpha value is -2.26. The third-order valence-electron chi connectivity index (χ3n) is 2.89. The molecule has 2 aromatic heterocycles. The van der Waals surface area contributed by atoms with E-state index in [4.69, 9.17) is 11.6 Å². The number of para-hydroxylation sites is 1. The third-order valence-corrected chi connectivity index (χ3v) is 3.09. The summed E-state index contributed by atoms with van der Waals surface area (Å²) in [5.74, 6) is 0. The number of nitrogens with zero attached hydrogens (tertiary/aromatic N) is 2. The van der Waals surface area contributed by atoms with Gasteiger partial charge in [0.1, 0.15) is 0 Å². The Morgan fingerprint density at radius 1 is 1.11 bits per heavy atom. The lowest BCUT2D eigenvalue weighted by atomic mass is 10.1. The standard InChI is InChI=1S/C15H9ClN2O/c16-15(19)12-8-14(10-4-3-7-17-9-10)18-13-6-2-1-5-11(12)13/h1-9H.